The Labute approximate surface area is 149 Å². The van der Waals surface area contributed by atoms with Crippen molar-refractivity contribution in [1.29, 1.82) is 0 Å². The lowest BCUT2D eigenvalue weighted by Gasteiger charge is -2.08. The van der Waals surface area contributed by atoms with Crippen LogP contribution in [0.15, 0.2) is 48.9 Å². The highest BCUT2D eigenvalue weighted by Gasteiger charge is 2.15. The van der Waals surface area contributed by atoms with E-state index in [1.165, 1.54) is 11.3 Å². The number of hydrogen-bond acceptors (Lipinski definition) is 0. The van der Waals surface area contributed by atoms with Crippen molar-refractivity contribution >= 4 is 0 Å². The third-order valence-electron chi connectivity index (χ3n) is 4.21. The summed E-state index contributed by atoms with van der Waals surface area (Å²) in [7, 11) is 0. The van der Waals surface area contributed by atoms with E-state index in [-0.39, 0.29) is 0 Å². The molecule has 24 heavy (non-hydrogen) atoms. The molecule has 0 unspecified atom stereocenters. The maximum atomic E-state index is 2.32. The fraction of sp³-hybridized carbons (Fsp3) is 0.545. The van der Waals surface area contributed by atoms with Crippen LogP contribution >= 0.6 is 0 Å². The molecule has 2 heteroatoms. The molecule has 0 aliphatic rings. The van der Waals surface area contributed by atoms with Gasteiger partial charge >= 0.3 is 0 Å². The quantitative estimate of drug-likeness (QED) is 0.668. The zero-order valence-corrected chi connectivity index (χ0v) is 16.8. The zero-order chi connectivity index (χ0) is 18.3. The number of aromatic nitrogens is 2. The van der Waals surface area contributed by atoms with E-state index in [1.54, 1.807) is 0 Å². The topological polar surface area (TPSA) is 7.76 Å². The van der Waals surface area contributed by atoms with Gasteiger partial charge in [0.05, 0.1) is 0 Å². The summed E-state index contributed by atoms with van der Waals surface area (Å²) >= 11 is 0. The second kappa shape index (κ2) is 9.56. The Morgan fingerprint density at radius 1 is 0.625 bits per heavy atom. The van der Waals surface area contributed by atoms with E-state index in [0.29, 0.717) is 23.9 Å². The van der Waals surface area contributed by atoms with Crippen LogP contribution < -0.4 is 9.13 Å². The van der Waals surface area contributed by atoms with Gasteiger partial charge in [-0.2, -0.15) is 0 Å². The lowest BCUT2D eigenvalue weighted by Crippen LogP contribution is -2.40. The molecule has 132 valence electrons. The minimum Gasteiger partial charge on any atom is -0.203 e. The van der Waals surface area contributed by atoms with Gasteiger partial charge in [-0.1, -0.05) is 33.8 Å². The van der Waals surface area contributed by atoms with E-state index in [9.17, 15) is 0 Å². The molecule has 0 aromatic carbocycles. The van der Waals surface area contributed by atoms with Crippen molar-refractivity contribution in [1.82, 2.24) is 0 Å². The van der Waals surface area contributed by atoms with E-state index < -0.39 is 0 Å². The molecule has 0 atom stereocenters. The molecule has 0 spiro atoms. The van der Waals surface area contributed by atoms with Gasteiger partial charge < -0.3 is 0 Å². The summed E-state index contributed by atoms with van der Waals surface area (Å²) in [4.78, 5) is 0. The summed E-state index contributed by atoms with van der Waals surface area (Å²) in [5.41, 5.74) is 2.82. The van der Waals surface area contributed by atoms with Crippen molar-refractivity contribution in [2.45, 2.75) is 79.3 Å². The Kier molecular flexibility index (Phi) is 8.10. The fourth-order valence-electron chi connectivity index (χ4n) is 2.61. The van der Waals surface area contributed by atoms with E-state index in [4.69, 9.17) is 0 Å². The van der Waals surface area contributed by atoms with Gasteiger partial charge in [0.2, 0.25) is 0 Å². The Morgan fingerprint density at radius 2 is 1.21 bits per heavy atom. The molecule has 0 aliphatic carbocycles. The molecule has 2 rings (SSSR count). The van der Waals surface area contributed by atoms with E-state index in [2.05, 4.69) is 113 Å². The van der Waals surface area contributed by atoms with Crippen molar-refractivity contribution in [2.24, 2.45) is 0 Å². The zero-order valence-electron chi connectivity index (χ0n) is 16.8. The van der Waals surface area contributed by atoms with Gasteiger partial charge in [-0.3, -0.25) is 0 Å². The maximum absolute atomic E-state index is 2.32. The molecule has 2 aromatic heterocycles. The van der Waals surface area contributed by atoms with Gasteiger partial charge in [-0.25, -0.2) is 9.13 Å². The Bertz CT molecular complexity index is 542. The van der Waals surface area contributed by atoms with Gasteiger partial charge in [0.1, 0.15) is 0 Å². The van der Waals surface area contributed by atoms with E-state index in [0.717, 1.165) is 0 Å². The van der Waals surface area contributed by atoms with Crippen LogP contribution in [0.4, 0.5) is 0 Å². The van der Waals surface area contributed by atoms with Crippen molar-refractivity contribution < 1.29 is 9.13 Å². The van der Waals surface area contributed by atoms with Gasteiger partial charge in [-0.05, 0) is 39.2 Å². The van der Waals surface area contributed by atoms with Crippen LogP contribution in [-0.2, 0) is 0 Å². The van der Waals surface area contributed by atoms with E-state index in [1.807, 2.05) is 0 Å². The summed E-state index contributed by atoms with van der Waals surface area (Å²) < 4.78 is 4.54. The van der Waals surface area contributed by atoms with Crippen LogP contribution in [0.2, 0.25) is 0 Å². The molecular weight excluding hydrogens is 292 g/mol. The van der Waals surface area contributed by atoms with Crippen LogP contribution in [0, 0.1) is 0 Å². The highest BCUT2D eigenvalue weighted by atomic mass is 15.0. The number of hydrogen-bond donors (Lipinski definition) is 0. The largest absolute Gasteiger partial charge is 0.203 e. The van der Waals surface area contributed by atoms with Gasteiger partial charge in [0, 0.05) is 30.2 Å². The van der Waals surface area contributed by atoms with Gasteiger partial charge in [0.15, 0.2) is 36.4 Å². The third-order valence-corrected chi connectivity index (χ3v) is 4.21. The lowest BCUT2D eigenvalue weighted by molar-refractivity contribution is -0.724. The van der Waals surface area contributed by atoms with Crippen LogP contribution in [0.25, 0.3) is 0 Å². The van der Waals surface area contributed by atoms with Crippen LogP contribution in [-0.4, -0.2) is 0 Å². The average molecular weight is 329 g/mol. The standard InChI is InChI=1S/2C11H18N/c1-9(2)11-5-7-12(8-6-11)10(3)4;1-9(2)11-7-5-6-8-12(11)10(3)4/h2*5-10H,1-4H3/q2*+1. The van der Waals surface area contributed by atoms with Crippen molar-refractivity contribution in [3.8, 4) is 0 Å². The van der Waals surface area contributed by atoms with Crippen molar-refractivity contribution in [2.75, 3.05) is 0 Å². The van der Waals surface area contributed by atoms with Crippen molar-refractivity contribution in [3.05, 3.63) is 60.2 Å². The first-order valence-corrected chi connectivity index (χ1v) is 9.24. The molecule has 0 saturated carbocycles. The first-order valence-electron chi connectivity index (χ1n) is 9.24. The van der Waals surface area contributed by atoms with Crippen LogP contribution in [0.5, 0.6) is 0 Å². The van der Waals surface area contributed by atoms with Crippen molar-refractivity contribution in [3.63, 3.8) is 0 Å². The van der Waals surface area contributed by atoms with Gasteiger partial charge in [0.25, 0.3) is 0 Å². The highest BCUT2D eigenvalue weighted by molar-refractivity contribution is 5.11. The normalized spacial score (nSPS) is 11.2. The summed E-state index contributed by atoms with van der Waals surface area (Å²) in [6.07, 6.45) is 6.46. The molecule has 2 heterocycles. The van der Waals surface area contributed by atoms with Gasteiger partial charge in [-0.15, -0.1) is 0 Å². The van der Waals surface area contributed by atoms with Crippen LogP contribution in [0.1, 0.15) is 90.6 Å². The summed E-state index contributed by atoms with van der Waals surface area (Å²) in [5, 5.41) is 0. The third kappa shape index (κ3) is 6.07. The fourth-order valence-corrected chi connectivity index (χ4v) is 2.61. The second-order valence-electron chi connectivity index (χ2n) is 7.61. The first kappa shape index (κ1) is 20.3. The first-order chi connectivity index (χ1) is 11.2. The number of rotatable bonds is 4. The van der Waals surface area contributed by atoms with Crippen LogP contribution in [0.3, 0.4) is 0 Å². The Morgan fingerprint density at radius 3 is 1.58 bits per heavy atom. The molecule has 0 bridgehead atoms. The average Bonchev–Trinajstić information content (AvgIpc) is 2.55. The summed E-state index contributed by atoms with van der Waals surface area (Å²) in [5.74, 6) is 1.24. The second-order valence-corrected chi connectivity index (χ2v) is 7.61. The lowest BCUT2D eigenvalue weighted by atomic mass is 10.1. The SMILES string of the molecule is CC(C)c1cc[n+](C(C)C)cc1.CC(C)c1cccc[n+]1C(C)C. The minimum atomic E-state index is 0.559. The molecule has 2 aromatic rings. The highest BCUT2D eigenvalue weighted by Crippen LogP contribution is 2.11. The monoisotopic (exact) mass is 328 g/mol. The summed E-state index contributed by atoms with van der Waals surface area (Å²) in [6.45, 7) is 17.7. The predicted octanol–water partition coefficient (Wildman–Crippen LogP) is 5.36. The molecular formula is C22H36N2+2. The molecule has 2 nitrogen and oxygen atoms in total. The number of nitrogens with zero attached hydrogens (tertiary/aromatic N) is 2. The smallest absolute Gasteiger partial charge is 0.184 e. The maximum Gasteiger partial charge on any atom is 0.184 e. The molecule has 0 fully saturated rings. The summed E-state index contributed by atoms with van der Waals surface area (Å²) in [6, 6.07) is 11.9. The number of pyridine rings is 2. The molecule has 0 amide bonds. The molecule has 0 saturated heterocycles. The van der Waals surface area contributed by atoms with E-state index >= 15 is 0 Å². The molecule has 0 N–H and O–H groups in total. The molecule has 0 aliphatic heterocycles. The Balaban J connectivity index is 0.000000240. The minimum absolute atomic E-state index is 0.559. The Hall–Kier alpha value is -1.70. The molecule has 0 radical (unpaired) electrons. The predicted molar refractivity (Wildman–Crippen MR) is 102 cm³/mol.